The molecule has 0 aromatic carbocycles. The van der Waals surface area contributed by atoms with Gasteiger partial charge in [0, 0.05) is 6.54 Å². The van der Waals surface area contributed by atoms with E-state index in [0.29, 0.717) is 10.7 Å². The van der Waals surface area contributed by atoms with Gasteiger partial charge >= 0.3 is 0 Å². The van der Waals surface area contributed by atoms with E-state index >= 15 is 0 Å². The molecule has 1 unspecified atom stereocenters. The zero-order chi connectivity index (χ0) is 11.4. The Balaban J connectivity index is 1.93. The van der Waals surface area contributed by atoms with Gasteiger partial charge in [-0.1, -0.05) is 18.3 Å². The van der Waals surface area contributed by atoms with Crippen LogP contribution in [0.2, 0.25) is 0 Å². The van der Waals surface area contributed by atoms with Gasteiger partial charge < -0.3 is 11.1 Å². The van der Waals surface area contributed by atoms with Crippen LogP contribution < -0.4 is 11.1 Å². The molecule has 0 saturated carbocycles. The number of hydrogen-bond acceptors (Lipinski definition) is 4. The van der Waals surface area contributed by atoms with Crippen LogP contribution in [-0.2, 0) is 0 Å². The Kier molecular flexibility index (Phi) is 4.01. The Morgan fingerprint density at radius 3 is 3.19 bits per heavy atom. The summed E-state index contributed by atoms with van der Waals surface area (Å²) in [5, 5.41) is 3.34. The summed E-state index contributed by atoms with van der Waals surface area (Å²) in [4.78, 5) is 4.70. The van der Waals surface area contributed by atoms with Crippen molar-refractivity contribution >= 4 is 34.8 Å². The van der Waals surface area contributed by atoms with E-state index in [1.165, 1.54) is 17.9 Å². The molecular weight excluding hydrogens is 238 g/mol. The number of anilines is 1. The topological polar surface area (TPSA) is 50.9 Å². The second kappa shape index (κ2) is 5.50. The first-order chi connectivity index (χ1) is 7.75. The third-order valence-corrected chi connectivity index (χ3v) is 4.04. The molecule has 0 radical (unpaired) electrons. The fourth-order valence-electron chi connectivity index (χ4n) is 1.66. The van der Waals surface area contributed by atoms with E-state index in [4.69, 9.17) is 18.0 Å². The minimum atomic E-state index is 0.347. The van der Waals surface area contributed by atoms with Crippen LogP contribution >= 0.6 is 24.0 Å². The molecule has 1 aliphatic heterocycles. The maximum Gasteiger partial charge on any atom is 0.126 e. The first kappa shape index (κ1) is 11.7. The molecule has 1 fully saturated rings. The predicted octanol–water partition coefficient (Wildman–Crippen LogP) is 1.88. The van der Waals surface area contributed by atoms with Crippen molar-refractivity contribution in [1.29, 1.82) is 0 Å². The second-order valence-corrected chi connectivity index (χ2v) is 5.47. The molecule has 0 spiro atoms. The Morgan fingerprint density at radius 1 is 1.62 bits per heavy atom. The van der Waals surface area contributed by atoms with Crippen molar-refractivity contribution in [3.05, 3.63) is 23.9 Å². The van der Waals surface area contributed by atoms with Crippen LogP contribution in [0, 0.1) is 5.92 Å². The van der Waals surface area contributed by atoms with Crippen LogP contribution in [-0.4, -0.2) is 28.0 Å². The van der Waals surface area contributed by atoms with Gasteiger partial charge in [0.15, 0.2) is 0 Å². The Labute approximate surface area is 105 Å². The summed E-state index contributed by atoms with van der Waals surface area (Å²) in [5.74, 6) is 4.16. The smallest absolute Gasteiger partial charge is 0.126 e. The highest BCUT2D eigenvalue weighted by molar-refractivity contribution is 7.99. The van der Waals surface area contributed by atoms with Crippen molar-refractivity contribution in [3.8, 4) is 0 Å². The number of pyridine rings is 1. The molecule has 16 heavy (non-hydrogen) atoms. The minimum absolute atomic E-state index is 0.347. The molecule has 0 aliphatic carbocycles. The van der Waals surface area contributed by atoms with E-state index in [9.17, 15) is 0 Å². The van der Waals surface area contributed by atoms with Crippen LogP contribution in [0.3, 0.4) is 0 Å². The quantitative estimate of drug-likeness (QED) is 0.802. The van der Waals surface area contributed by atoms with Gasteiger partial charge in [-0.3, -0.25) is 0 Å². The molecule has 0 amide bonds. The first-order valence-corrected chi connectivity index (χ1v) is 6.90. The van der Waals surface area contributed by atoms with Crippen LogP contribution in [0.15, 0.2) is 18.2 Å². The minimum Gasteiger partial charge on any atom is -0.388 e. The van der Waals surface area contributed by atoms with Gasteiger partial charge in [-0.2, -0.15) is 11.8 Å². The highest BCUT2D eigenvalue weighted by Crippen LogP contribution is 2.23. The Morgan fingerprint density at radius 2 is 2.50 bits per heavy atom. The summed E-state index contributed by atoms with van der Waals surface area (Å²) in [6, 6.07) is 5.70. The molecule has 5 heteroatoms. The maximum atomic E-state index is 5.54. The number of thiocarbonyl (C=S) groups is 1. The lowest BCUT2D eigenvalue weighted by Crippen LogP contribution is -2.16. The molecule has 1 aliphatic rings. The van der Waals surface area contributed by atoms with Gasteiger partial charge in [-0.25, -0.2) is 4.98 Å². The number of nitrogens with zero attached hydrogens (tertiary/aromatic N) is 1. The molecule has 1 saturated heterocycles. The van der Waals surface area contributed by atoms with Gasteiger partial charge in [0.05, 0.1) is 5.69 Å². The SMILES string of the molecule is NC(=S)c1cccc(NCC2CCSC2)n1. The van der Waals surface area contributed by atoms with Crippen molar-refractivity contribution in [3.63, 3.8) is 0 Å². The molecule has 2 rings (SSSR count). The van der Waals surface area contributed by atoms with E-state index in [2.05, 4.69) is 10.3 Å². The monoisotopic (exact) mass is 253 g/mol. The highest BCUT2D eigenvalue weighted by atomic mass is 32.2. The highest BCUT2D eigenvalue weighted by Gasteiger charge is 2.15. The zero-order valence-corrected chi connectivity index (χ0v) is 10.6. The Hall–Kier alpha value is -0.810. The Bertz CT molecular complexity index is 375. The first-order valence-electron chi connectivity index (χ1n) is 5.34. The summed E-state index contributed by atoms with van der Waals surface area (Å²) in [6.07, 6.45) is 1.30. The molecule has 0 bridgehead atoms. The van der Waals surface area contributed by atoms with Crippen molar-refractivity contribution in [2.45, 2.75) is 6.42 Å². The average Bonchev–Trinajstić information content (AvgIpc) is 2.79. The number of rotatable bonds is 4. The summed E-state index contributed by atoms with van der Waals surface area (Å²) in [5.41, 5.74) is 6.22. The summed E-state index contributed by atoms with van der Waals surface area (Å²) in [6.45, 7) is 0.987. The van der Waals surface area contributed by atoms with E-state index in [-0.39, 0.29) is 0 Å². The molecule has 2 heterocycles. The molecule has 1 aromatic heterocycles. The summed E-state index contributed by atoms with van der Waals surface area (Å²) >= 11 is 6.92. The van der Waals surface area contributed by atoms with E-state index < -0.39 is 0 Å². The van der Waals surface area contributed by atoms with Crippen LogP contribution in [0.25, 0.3) is 0 Å². The molecule has 1 aromatic rings. The molecule has 3 nitrogen and oxygen atoms in total. The van der Waals surface area contributed by atoms with Gasteiger partial charge in [0.25, 0.3) is 0 Å². The summed E-state index contributed by atoms with van der Waals surface area (Å²) in [7, 11) is 0. The summed E-state index contributed by atoms with van der Waals surface area (Å²) < 4.78 is 0. The lowest BCUT2D eigenvalue weighted by atomic mass is 10.1. The van der Waals surface area contributed by atoms with Gasteiger partial charge in [-0.05, 0) is 36.0 Å². The largest absolute Gasteiger partial charge is 0.388 e. The fraction of sp³-hybridized carbons (Fsp3) is 0.455. The normalized spacial score (nSPS) is 19.6. The molecule has 1 atom stereocenters. The molecular formula is C11H15N3S2. The third-order valence-electron chi connectivity index (χ3n) is 2.60. The van der Waals surface area contributed by atoms with Crippen molar-refractivity contribution in [2.24, 2.45) is 11.7 Å². The lowest BCUT2D eigenvalue weighted by Gasteiger charge is -2.11. The van der Waals surface area contributed by atoms with E-state index in [1.807, 2.05) is 30.0 Å². The van der Waals surface area contributed by atoms with Crippen molar-refractivity contribution in [2.75, 3.05) is 23.4 Å². The van der Waals surface area contributed by atoms with Crippen LogP contribution in [0.5, 0.6) is 0 Å². The standard InChI is InChI=1S/C11H15N3S2/c12-11(15)9-2-1-3-10(14-9)13-6-8-4-5-16-7-8/h1-3,8H,4-7H2,(H2,12,15)(H,13,14). The van der Waals surface area contributed by atoms with Gasteiger partial charge in [-0.15, -0.1) is 0 Å². The fourth-order valence-corrected chi connectivity index (χ4v) is 3.06. The van der Waals surface area contributed by atoms with Crippen molar-refractivity contribution < 1.29 is 0 Å². The number of hydrogen-bond donors (Lipinski definition) is 2. The lowest BCUT2D eigenvalue weighted by molar-refractivity contribution is 0.630. The number of nitrogens with one attached hydrogen (secondary N) is 1. The van der Waals surface area contributed by atoms with E-state index in [1.54, 1.807) is 0 Å². The van der Waals surface area contributed by atoms with Gasteiger partial charge in [0.2, 0.25) is 0 Å². The maximum absolute atomic E-state index is 5.54. The van der Waals surface area contributed by atoms with Gasteiger partial charge in [0.1, 0.15) is 10.8 Å². The predicted molar refractivity (Wildman–Crippen MR) is 74.0 cm³/mol. The van der Waals surface area contributed by atoms with Crippen molar-refractivity contribution in [1.82, 2.24) is 4.98 Å². The van der Waals surface area contributed by atoms with Crippen LogP contribution in [0.1, 0.15) is 12.1 Å². The van der Waals surface area contributed by atoms with Crippen LogP contribution in [0.4, 0.5) is 5.82 Å². The number of nitrogens with two attached hydrogens (primary N) is 1. The van der Waals surface area contributed by atoms with E-state index in [0.717, 1.165) is 18.3 Å². The second-order valence-electron chi connectivity index (χ2n) is 3.88. The third kappa shape index (κ3) is 3.09. The molecule has 3 N–H and O–H groups in total. The zero-order valence-electron chi connectivity index (χ0n) is 8.98. The average molecular weight is 253 g/mol. The number of thioether (sulfide) groups is 1. The number of aromatic nitrogens is 1. The molecule has 86 valence electrons.